The second-order valence-corrected chi connectivity index (χ2v) is 5.24. The number of phenols is 1. The average Bonchev–Trinajstić information content (AvgIpc) is 2.62. The van der Waals surface area contributed by atoms with Crippen LogP contribution in [0, 0.1) is 18.3 Å². The Balaban J connectivity index is 1.76. The molecule has 0 saturated heterocycles. The molecule has 0 unspecified atom stereocenters. The SMILES string of the molecule is Cc1nc(C(=O)Nc2cnc(-c3cccc(O)c3)nc2)ccc1C#N. The van der Waals surface area contributed by atoms with Crippen molar-refractivity contribution in [3.05, 3.63) is 65.7 Å². The van der Waals surface area contributed by atoms with E-state index >= 15 is 0 Å². The summed E-state index contributed by atoms with van der Waals surface area (Å²) in [6, 6.07) is 11.6. The van der Waals surface area contributed by atoms with Crippen molar-refractivity contribution in [2.24, 2.45) is 0 Å². The normalized spacial score (nSPS) is 10.1. The third-order valence-corrected chi connectivity index (χ3v) is 3.45. The molecule has 0 aliphatic rings. The molecular formula is C18H13N5O2. The monoisotopic (exact) mass is 331 g/mol. The van der Waals surface area contributed by atoms with Gasteiger partial charge < -0.3 is 10.4 Å². The number of carbonyl (C=O) groups excluding carboxylic acids is 1. The van der Waals surface area contributed by atoms with E-state index in [4.69, 9.17) is 5.26 Å². The zero-order valence-corrected chi connectivity index (χ0v) is 13.3. The Morgan fingerprint density at radius 2 is 1.96 bits per heavy atom. The number of amides is 1. The molecule has 3 aromatic rings. The summed E-state index contributed by atoms with van der Waals surface area (Å²) in [6.45, 7) is 1.67. The van der Waals surface area contributed by atoms with Crippen molar-refractivity contribution in [2.45, 2.75) is 6.92 Å². The smallest absolute Gasteiger partial charge is 0.274 e. The molecule has 0 spiro atoms. The minimum absolute atomic E-state index is 0.126. The molecule has 0 bridgehead atoms. The molecule has 0 radical (unpaired) electrons. The third-order valence-electron chi connectivity index (χ3n) is 3.45. The zero-order chi connectivity index (χ0) is 17.8. The number of aryl methyl sites for hydroxylation is 1. The number of hydrogen-bond donors (Lipinski definition) is 2. The van der Waals surface area contributed by atoms with Crippen LogP contribution in [-0.4, -0.2) is 26.0 Å². The summed E-state index contributed by atoms with van der Waals surface area (Å²) in [5, 5.41) is 21.0. The number of anilines is 1. The van der Waals surface area contributed by atoms with Gasteiger partial charge in [0.05, 0.1) is 29.3 Å². The van der Waals surface area contributed by atoms with E-state index in [0.717, 1.165) is 0 Å². The van der Waals surface area contributed by atoms with Crippen LogP contribution >= 0.6 is 0 Å². The first kappa shape index (κ1) is 16.1. The van der Waals surface area contributed by atoms with Crippen LogP contribution in [-0.2, 0) is 0 Å². The fraction of sp³-hybridized carbons (Fsp3) is 0.0556. The van der Waals surface area contributed by atoms with E-state index < -0.39 is 5.91 Å². The molecule has 3 rings (SSSR count). The fourth-order valence-electron chi connectivity index (χ4n) is 2.19. The largest absolute Gasteiger partial charge is 0.508 e. The Kier molecular flexibility index (Phi) is 4.35. The predicted molar refractivity (Wildman–Crippen MR) is 90.8 cm³/mol. The molecule has 0 saturated carbocycles. The van der Waals surface area contributed by atoms with Crippen LogP contribution < -0.4 is 5.32 Å². The van der Waals surface area contributed by atoms with Gasteiger partial charge in [0.2, 0.25) is 0 Å². The van der Waals surface area contributed by atoms with Crippen LogP contribution in [0.15, 0.2) is 48.8 Å². The Bertz CT molecular complexity index is 978. The fourth-order valence-corrected chi connectivity index (χ4v) is 2.19. The lowest BCUT2D eigenvalue weighted by atomic mass is 10.2. The Hall–Kier alpha value is -3.79. The lowest BCUT2D eigenvalue weighted by Gasteiger charge is -2.06. The lowest BCUT2D eigenvalue weighted by molar-refractivity contribution is 0.102. The van der Waals surface area contributed by atoms with Crippen molar-refractivity contribution in [1.29, 1.82) is 5.26 Å². The van der Waals surface area contributed by atoms with Crippen molar-refractivity contribution in [3.63, 3.8) is 0 Å². The van der Waals surface area contributed by atoms with E-state index in [1.807, 2.05) is 6.07 Å². The number of hydrogen-bond acceptors (Lipinski definition) is 6. The van der Waals surface area contributed by atoms with Crippen LogP contribution in [0.4, 0.5) is 5.69 Å². The first-order valence-electron chi connectivity index (χ1n) is 7.37. The summed E-state index contributed by atoms with van der Waals surface area (Å²) in [4.78, 5) is 24.7. The molecule has 25 heavy (non-hydrogen) atoms. The molecule has 1 aromatic carbocycles. The van der Waals surface area contributed by atoms with E-state index in [1.54, 1.807) is 37.3 Å². The molecule has 1 amide bonds. The first-order chi connectivity index (χ1) is 12.1. The van der Waals surface area contributed by atoms with Crippen LogP contribution in [0.2, 0.25) is 0 Å². The maximum absolute atomic E-state index is 12.2. The number of phenolic OH excluding ortho intramolecular Hbond substituents is 1. The highest BCUT2D eigenvalue weighted by Gasteiger charge is 2.11. The highest BCUT2D eigenvalue weighted by Crippen LogP contribution is 2.20. The van der Waals surface area contributed by atoms with Crippen molar-refractivity contribution >= 4 is 11.6 Å². The maximum atomic E-state index is 12.2. The van der Waals surface area contributed by atoms with Crippen LogP contribution in [0.1, 0.15) is 21.7 Å². The summed E-state index contributed by atoms with van der Waals surface area (Å²) in [5.74, 6) is 0.142. The first-order valence-corrected chi connectivity index (χ1v) is 7.37. The average molecular weight is 331 g/mol. The standard InChI is InChI=1S/C18H13N5O2/c1-11-13(8-19)5-6-16(22-11)18(25)23-14-9-20-17(21-10-14)12-3-2-4-15(24)7-12/h2-7,9-10,24H,1H3,(H,23,25). The topological polar surface area (TPSA) is 112 Å². The van der Waals surface area contributed by atoms with Gasteiger partial charge in [0, 0.05) is 5.56 Å². The zero-order valence-electron chi connectivity index (χ0n) is 13.3. The van der Waals surface area contributed by atoms with Crippen molar-refractivity contribution in [1.82, 2.24) is 15.0 Å². The number of aromatic hydroxyl groups is 1. The van der Waals surface area contributed by atoms with Gasteiger partial charge in [-0.15, -0.1) is 0 Å². The van der Waals surface area contributed by atoms with Gasteiger partial charge >= 0.3 is 0 Å². The van der Waals surface area contributed by atoms with E-state index in [2.05, 4.69) is 20.3 Å². The summed E-state index contributed by atoms with van der Waals surface area (Å²) < 4.78 is 0. The quantitative estimate of drug-likeness (QED) is 0.763. The van der Waals surface area contributed by atoms with Crippen LogP contribution in [0.3, 0.4) is 0 Å². The molecule has 7 nitrogen and oxygen atoms in total. The van der Waals surface area contributed by atoms with Crippen molar-refractivity contribution in [3.8, 4) is 23.2 Å². The second-order valence-electron chi connectivity index (χ2n) is 5.24. The van der Waals surface area contributed by atoms with Crippen LogP contribution in [0.25, 0.3) is 11.4 Å². The van der Waals surface area contributed by atoms with Crippen LogP contribution in [0.5, 0.6) is 5.75 Å². The van der Waals surface area contributed by atoms with Gasteiger partial charge in [0.1, 0.15) is 17.5 Å². The second kappa shape index (κ2) is 6.76. The Labute approximate surface area is 143 Å². The van der Waals surface area contributed by atoms with Gasteiger partial charge in [-0.25, -0.2) is 15.0 Å². The molecule has 2 heterocycles. The van der Waals surface area contributed by atoms with Gasteiger partial charge in [-0.3, -0.25) is 4.79 Å². The number of pyridine rings is 1. The lowest BCUT2D eigenvalue weighted by Crippen LogP contribution is -2.14. The molecular weight excluding hydrogens is 318 g/mol. The minimum atomic E-state index is -0.415. The van der Waals surface area contributed by atoms with Crippen molar-refractivity contribution in [2.75, 3.05) is 5.32 Å². The molecule has 2 N–H and O–H groups in total. The molecule has 122 valence electrons. The Morgan fingerprint density at radius 1 is 1.20 bits per heavy atom. The summed E-state index contributed by atoms with van der Waals surface area (Å²) in [5.41, 5.74) is 2.20. The maximum Gasteiger partial charge on any atom is 0.274 e. The number of nitrogens with one attached hydrogen (secondary N) is 1. The van der Waals surface area contributed by atoms with Gasteiger partial charge in [0.15, 0.2) is 5.82 Å². The van der Waals surface area contributed by atoms with Gasteiger partial charge in [-0.05, 0) is 31.2 Å². The molecule has 0 fully saturated rings. The van der Waals surface area contributed by atoms with E-state index in [9.17, 15) is 9.90 Å². The van der Waals surface area contributed by atoms with Gasteiger partial charge in [-0.2, -0.15) is 5.26 Å². The predicted octanol–water partition coefficient (Wildman–Crippen LogP) is 2.68. The highest BCUT2D eigenvalue weighted by molar-refractivity contribution is 6.02. The minimum Gasteiger partial charge on any atom is -0.508 e. The highest BCUT2D eigenvalue weighted by atomic mass is 16.3. The molecule has 7 heteroatoms. The number of aromatic nitrogens is 3. The molecule has 0 aliphatic heterocycles. The molecule has 0 atom stereocenters. The molecule has 2 aromatic heterocycles. The number of benzene rings is 1. The number of rotatable bonds is 3. The number of nitriles is 1. The third kappa shape index (κ3) is 3.59. The van der Waals surface area contributed by atoms with E-state index in [1.165, 1.54) is 18.5 Å². The van der Waals surface area contributed by atoms with Crippen molar-refractivity contribution < 1.29 is 9.90 Å². The van der Waals surface area contributed by atoms with E-state index in [0.29, 0.717) is 28.3 Å². The summed E-state index contributed by atoms with van der Waals surface area (Å²) >= 11 is 0. The van der Waals surface area contributed by atoms with E-state index in [-0.39, 0.29) is 11.4 Å². The van der Waals surface area contributed by atoms with Gasteiger partial charge in [0.25, 0.3) is 5.91 Å². The summed E-state index contributed by atoms with van der Waals surface area (Å²) in [7, 11) is 0. The number of nitrogens with zero attached hydrogens (tertiary/aromatic N) is 4. The number of carbonyl (C=O) groups is 1. The Morgan fingerprint density at radius 3 is 2.60 bits per heavy atom. The molecule has 0 aliphatic carbocycles. The van der Waals surface area contributed by atoms with Gasteiger partial charge in [-0.1, -0.05) is 12.1 Å². The summed E-state index contributed by atoms with van der Waals surface area (Å²) in [6.07, 6.45) is 2.95.